The molecule has 1 aromatic carbocycles. The molecule has 0 saturated carbocycles. The Labute approximate surface area is 86.3 Å². The van der Waals surface area contributed by atoms with Gasteiger partial charge in [0, 0.05) is 17.1 Å². The predicted octanol–water partition coefficient (Wildman–Crippen LogP) is 1.68. The molecule has 0 aliphatic heterocycles. The maximum absolute atomic E-state index is 13.8. The lowest BCUT2D eigenvalue weighted by atomic mass is 10.1. The first-order valence-corrected chi connectivity index (χ1v) is 4.66. The average Bonchev–Trinajstić information content (AvgIpc) is 2.64. The van der Waals surface area contributed by atoms with Crippen molar-refractivity contribution >= 4 is 10.9 Å². The van der Waals surface area contributed by atoms with Crippen molar-refractivity contribution in [2.45, 2.75) is 6.42 Å². The fraction of sp³-hybridized carbons (Fsp3) is 0.182. The van der Waals surface area contributed by atoms with E-state index in [0.717, 1.165) is 5.56 Å². The molecule has 3 nitrogen and oxygen atoms in total. The number of benzene rings is 1. The normalized spacial score (nSPS) is 10.5. The maximum atomic E-state index is 13.8. The van der Waals surface area contributed by atoms with Crippen molar-refractivity contribution in [3.05, 3.63) is 35.3 Å². The molecule has 3 N–H and O–H groups in total. The zero-order valence-electron chi connectivity index (χ0n) is 8.05. The first-order valence-electron chi connectivity index (χ1n) is 4.66. The Morgan fingerprint density at radius 2 is 2.27 bits per heavy atom. The molecule has 0 unspecified atom stereocenters. The molecule has 2 rings (SSSR count). The molecule has 0 spiro atoms. The van der Waals surface area contributed by atoms with Gasteiger partial charge in [0.2, 0.25) is 0 Å². The van der Waals surface area contributed by atoms with Gasteiger partial charge in [0.15, 0.2) is 5.82 Å². The highest BCUT2D eigenvalue weighted by Crippen LogP contribution is 2.24. The van der Waals surface area contributed by atoms with E-state index in [4.69, 9.17) is 11.0 Å². The van der Waals surface area contributed by atoms with Crippen molar-refractivity contribution in [3.8, 4) is 6.07 Å². The molecule has 4 heteroatoms. The number of aromatic nitrogens is 1. The third-order valence-corrected chi connectivity index (χ3v) is 2.40. The van der Waals surface area contributed by atoms with Gasteiger partial charge in [-0.3, -0.25) is 0 Å². The summed E-state index contributed by atoms with van der Waals surface area (Å²) in [5.74, 6) is -0.459. The smallest absolute Gasteiger partial charge is 0.150 e. The number of nitriles is 1. The zero-order valence-corrected chi connectivity index (χ0v) is 8.05. The minimum atomic E-state index is -0.459. The third-order valence-electron chi connectivity index (χ3n) is 2.40. The Kier molecular flexibility index (Phi) is 2.40. The van der Waals surface area contributed by atoms with E-state index in [1.807, 2.05) is 6.07 Å². The van der Waals surface area contributed by atoms with Crippen LogP contribution in [0.3, 0.4) is 0 Å². The minimum Gasteiger partial charge on any atom is -0.361 e. The van der Waals surface area contributed by atoms with Crippen LogP contribution >= 0.6 is 0 Å². The van der Waals surface area contributed by atoms with Gasteiger partial charge >= 0.3 is 0 Å². The van der Waals surface area contributed by atoms with Gasteiger partial charge in [0.25, 0.3) is 0 Å². The fourth-order valence-electron chi connectivity index (χ4n) is 1.69. The van der Waals surface area contributed by atoms with Crippen LogP contribution in [-0.4, -0.2) is 11.5 Å². The van der Waals surface area contributed by atoms with Gasteiger partial charge in [-0.2, -0.15) is 5.26 Å². The van der Waals surface area contributed by atoms with Crippen LogP contribution in [0.4, 0.5) is 4.39 Å². The fourth-order valence-corrected chi connectivity index (χ4v) is 1.69. The van der Waals surface area contributed by atoms with Gasteiger partial charge in [-0.05, 0) is 30.7 Å². The second kappa shape index (κ2) is 3.71. The second-order valence-corrected chi connectivity index (χ2v) is 3.31. The second-order valence-electron chi connectivity index (χ2n) is 3.31. The summed E-state index contributed by atoms with van der Waals surface area (Å²) in [6, 6.07) is 5.00. The number of rotatable bonds is 2. The number of aromatic amines is 1. The van der Waals surface area contributed by atoms with Crippen LogP contribution in [0.15, 0.2) is 18.3 Å². The molecular weight excluding hydrogens is 193 g/mol. The minimum absolute atomic E-state index is 0.0698. The van der Waals surface area contributed by atoms with E-state index in [2.05, 4.69) is 4.98 Å². The number of hydrogen-bond donors (Lipinski definition) is 2. The standard InChI is InChI=1S/C11H10FN3/c12-11-7(5-14)1-2-9-10(11)8(3-4-13)6-15-9/h1-2,6,15H,3-4,13H2. The van der Waals surface area contributed by atoms with Gasteiger partial charge in [0.1, 0.15) is 6.07 Å². The first kappa shape index (κ1) is 9.69. The van der Waals surface area contributed by atoms with Gasteiger partial charge in [-0.15, -0.1) is 0 Å². The predicted molar refractivity (Wildman–Crippen MR) is 55.7 cm³/mol. The molecule has 2 aromatic rings. The quantitative estimate of drug-likeness (QED) is 0.779. The van der Waals surface area contributed by atoms with Crippen molar-refractivity contribution < 1.29 is 4.39 Å². The maximum Gasteiger partial charge on any atom is 0.150 e. The van der Waals surface area contributed by atoms with E-state index in [1.165, 1.54) is 6.07 Å². The highest BCUT2D eigenvalue weighted by molar-refractivity contribution is 5.85. The zero-order chi connectivity index (χ0) is 10.8. The largest absolute Gasteiger partial charge is 0.361 e. The number of fused-ring (bicyclic) bond motifs is 1. The summed E-state index contributed by atoms with van der Waals surface area (Å²) in [7, 11) is 0. The Bertz CT molecular complexity index is 536. The van der Waals surface area contributed by atoms with Crippen LogP contribution in [0, 0.1) is 17.1 Å². The van der Waals surface area contributed by atoms with E-state index >= 15 is 0 Å². The van der Waals surface area contributed by atoms with Crippen molar-refractivity contribution in [2.24, 2.45) is 5.73 Å². The molecule has 0 amide bonds. The molecule has 0 saturated heterocycles. The lowest BCUT2D eigenvalue weighted by molar-refractivity contribution is 0.635. The third kappa shape index (κ3) is 1.47. The monoisotopic (exact) mass is 203 g/mol. The number of nitrogens with two attached hydrogens (primary N) is 1. The first-order chi connectivity index (χ1) is 7.27. The summed E-state index contributed by atoms with van der Waals surface area (Å²) in [6.07, 6.45) is 2.34. The van der Waals surface area contributed by atoms with Crippen LogP contribution in [0.2, 0.25) is 0 Å². The van der Waals surface area contributed by atoms with Crippen molar-refractivity contribution in [1.82, 2.24) is 4.98 Å². The molecule has 0 atom stereocenters. The van der Waals surface area contributed by atoms with Crippen LogP contribution in [0.25, 0.3) is 10.9 Å². The topological polar surface area (TPSA) is 65.6 Å². The molecule has 0 aliphatic rings. The average molecular weight is 203 g/mol. The molecule has 15 heavy (non-hydrogen) atoms. The van der Waals surface area contributed by atoms with Crippen LogP contribution in [0.1, 0.15) is 11.1 Å². The molecule has 0 fully saturated rings. The molecule has 0 aliphatic carbocycles. The number of nitrogens with zero attached hydrogens (tertiary/aromatic N) is 1. The molecule has 1 aromatic heterocycles. The van der Waals surface area contributed by atoms with Crippen LogP contribution in [-0.2, 0) is 6.42 Å². The highest BCUT2D eigenvalue weighted by Gasteiger charge is 2.11. The molecule has 0 bridgehead atoms. The van der Waals surface area contributed by atoms with E-state index in [1.54, 1.807) is 12.3 Å². The molecule has 0 radical (unpaired) electrons. The highest BCUT2D eigenvalue weighted by atomic mass is 19.1. The van der Waals surface area contributed by atoms with Crippen molar-refractivity contribution in [2.75, 3.05) is 6.54 Å². The van der Waals surface area contributed by atoms with Crippen LogP contribution in [0.5, 0.6) is 0 Å². The van der Waals surface area contributed by atoms with E-state index in [9.17, 15) is 4.39 Å². The lowest BCUT2D eigenvalue weighted by Crippen LogP contribution is -2.02. The van der Waals surface area contributed by atoms with E-state index < -0.39 is 5.82 Å². The number of halogens is 1. The summed E-state index contributed by atoms with van der Waals surface area (Å²) in [5.41, 5.74) is 7.02. The molecule has 1 heterocycles. The van der Waals surface area contributed by atoms with Gasteiger partial charge < -0.3 is 10.7 Å². The van der Waals surface area contributed by atoms with Gasteiger partial charge in [-0.1, -0.05) is 0 Å². The molecule has 76 valence electrons. The Balaban J connectivity index is 2.72. The summed E-state index contributed by atoms with van der Waals surface area (Å²) in [6.45, 7) is 0.461. The summed E-state index contributed by atoms with van der Waals surface area (Å²) < 4.78 is 13.8. The lowest BCUT2D eigenvalue weighted by Gasteiger charge is -1.99. The van der Waals surface area contributed by atoms with Crippen LogP contribution < -0.4 is 5.73 Å². The summed E-state index contributed by atoms with van der Waals surface area (Å²) >= 11 is 0. The van der Waals surface area contributed by atoms with Gasteiger partial charge in [-0.25, -0.2) is 4.39 Å². The van der Waals surface area contributed by atoms with E-state index in [-0.39, 0.29) is 5.56 Å². The van der Waals surface area contributed by atoms with Gasteiger partial charge in [0.05, 0.1) is 5.56 Å². The SMILES string of the molecule is N#Cc1ccc2[nH]cc(CCN)c2c1F. The number of nitrogens with one attached hydrogen (secondary N) is 1. The Morgan fingerprint density at radius 3 is 2.93 bits per heavy atom. The Morgan fingerprint density at radius 1 is 1.47 bits per heavy atom. The number of H-pyrrole nitrogens is 1. The van der Waals surface area contributed by atoms with Crippen molar-refractivity contribution in [3.63, 3.8) is 0 Å². The molecular formula is C11H10FN3. The summed E-state index contributed by atoms with van der Waals surface area (Å²) in [4.78, 5) is 2.96. The van der Waals surface area contributed by atoms with E-state index in [0.29, 0.717) is 23.9 Å². The summed E-state index contributed by atoms with van der Waals surface area (Å²) in [5, 5.41) is 9.20. The Hall–Kier alpha value is -1.86. The number of hydrogen-bond acceptors (Lipinski definition) is 2. The van der Waals surface area contributed by atoms with Crippen molar-refractivity contribution in [1.29, 1.82) is 5.26 Å².